The minimum atomic E-state index is -1.66. The van der Waals surface area contributed by atoms with Gasteiger partial charge < -0.3 is 23.4 Å². The molecule has 0 spiro atoms. The fourth-order valence-corrected chi connectivity index (χ4v) is 2.17. The summed E-state index contributed by atoms with van der Waals surface area (Å²) >= 11 is 0. The van der Waals surface area contributed by atoms with E-state index in [9.17, 15) is 4.79 Å². The molecule has 20 heavy (non-hydrogen) atoms. The molecule has 0 N–H and O–H groups in total. The first-order chi connectivity index (χ1) is 9.31. The molecule has 0 aromatic carbocycles. The van der Waals surface area contributed by atoms with E-state index in [1.807, 2.05) is 0 Å². The maximum atomic E-state index is 9.98. The molecule has 0 fully saturated rings. The average Bonchev–Trinajstić information content (AvgIpc) is 2.34. The van der Waals surface area contributed by atoms with Crippen molar-refractivity contribution in [3.63, 3.8) is 0 Å². The van der Waals surface area contributed by atoms with E-state index in [0.717, 1.165) is 6.29 Å². The van der Waals surface area contributed by atoms with Crippen LogP contribution < -0.4 is 0 Å². The van der Waals surface area contributed by atoms with Crippen LogP contribution in [0.2, 0.25) is 18.1 Å². The van der Waals surface area contributed by atoms with Gasteiger partial charge in [-0.15, -0.1) is 0 Å². The molecule has 0 atom stereocenters. The molecule has 0 bridgehead atoms. The van der Waals surface area contributed by atoms with Crippen molar-refractivity contribution in [1.82, 2.24) is 0 Å². The second kappa shape index (κ2) is 10.5. The number of hydrogen-bond acceptors (Lipinski definition) is 5. The van der Waals surface area contributed by atoms with E-state index in [0.29, 0.717) is 39.6 Å². The second-order valence-electron chi connectivity index (χ2n) is 6.08. The van der Waals surface area contributed by atoms with Crippen molar-refractivity contribution in [2.45, 2.75) is 38.9 Å². The van der Waals surface area contributed by atoms with E-state index in [1.54, 1.807) is 0 Å². The summed E-state index contributed by atoms with van der Waals surface area (Å²) in [4.78, 5) is 9.98. The van der Waals surface area contributed by atoms with Gasteiger partial charge in [-0.2, -0.15) is 0 Å². The normalized spacial score (nSPS) is 12.7. The molecule has 0 saturated heterocycles. The topological polar surface area (TPSA) is 54.0 Å². The molecule has 0 heterocycles. The molecule has 0 saturated carbocycles. The Kier molecular flexibility index (Phi) is 10.3. The largest absolute Gasteiger partial charge is 0.414 e. The lowest BCUT2D eigenvalue weighted by Gasteiger charge is -2.36. The fraction of sp³-hybridized carbons (Fsp3) is 0.929. The van der Waals surface area contributed by atoms with E-state index in [2.05, 4.69) is 33.9 Å². The van der Waals surface area contributed by atoms with E-state index in [4.69, 9.17) is 18.6 Å². The van der Waals surface area contributed by atoms with Crippen LogP contribution in [0.15, 0.2) is 0 Å². The molecule has 5 nitrogen and oxygen atoms in total. The van der Waals surface area contributed by atoms with Crippen molar-refractivity contribution in [2.75, 3.05) is 46.2 Å². The number of rotatable bonds is 12. The third-order valence-electron chi connectivity index (χ3n) is 3.43. The maximum Gasteiger partial charge on any atom is 0.192 e. The van der Waals surface area contributed by atoms with Crippen LogP contribution in [0.1, 0.15) is 20.8 Å². The molecule has 6 heteroatoms. The molecular weight excluding hydrogens is 276 g/mol. The Balaban J connectivity index is 3.35. The highest BCUT2D eigenvalue weighted by molar-refractivity contribution is 6.74. The highest BCUT2D eigenvalue weighted by Crippen LogP contribution is 2.36. The Labute approximate surface area is 124 Å². The molecule has 0 aliphatic rings. The molecule has 0 radical (unpaired) electrons. The zero-order valence-electron chi connectivity index (χ0n) is 13.6. The van der Waals surface area contributed by atoms with E-state index in [1.165, 1.54) is 0 Å². The number of carbonyl (C=O) groups is 1. The van der Waals surface area contributed by atoms with Gasteiger partial charge in [0.05, 0.1) is 39.6 Å². The summed E-state index contributed by atoms with van der Waals surface area (Å²) in [7, 11) is -1.66. The van der Waals surface area contributed by atoms with E-state index in [-0.39, 0.29) is 11.6 Å². The van der Waals surface area contributed by atoms with Gasteiger partial charge in [-0.25, -0.2) is 0 Å². The summed E-state index contributed by atoms with van der Waals surface area (Å²) < 4.78 is 21.7. The number of hydrogen-bond donors (Lipinski definition) is 0. The van der Waals surface area contributed by atoms with Gasteiger partial charge in [-0.05, 0) is 18.1 Å². The Bertz CT molecular complexity index is 250. The standard InChI is InChI=1S/C14H30O5Si/c1-14(2,3)20(4,5)19-13-12-18-11-10-17-9-8-16-7-6-15/h6H,7-13H2,1-5H3. The summed E-state index contributed by atoms with van der Waals surface area (Å²) in [6, 6.07) is 0. The fourth-order valence-electron chi connectivity index (χ4n) is 1.14. The third kappa shape index (κ3) is 9.60. The SMILES string of the molecule is CC(C)(C)[Si](C)(C)OCCOCCOCCOCC=O. The Morgan fingerprint density at radius 2 is 1.30 bits per heavy atom. The molecule has 0 unspecified atom stereocenters. The quantitative estimate of drug-likeness (QED) is 0.314. The number of carbonyl (C=O) groups excluding carboxylic acids is 1. The van der Waals surface area contributed by atoms with Crippen LogP contribution in [-0.4, -0.2) is 60.9 Å². The van der Waals surface area contributed by atoms with Gasteiger partial charge in [0.2, 0.25) is 0 Å². The molecule has 0 aromatic heterocycles. The predicted octanol–water partition coefficient (Wildman–Crippen LogP) is 2.26. The first-order valence-electron chi connectivity index (χ1n) is 7.12. The molecule has 0 aliphatic carbocycles. The second-order valence-corrected chi connectivity index (χ2v) is 10.9. The van der Waals surface area contributed by atoms with Crippen LogP contribution in [0, 0.1) is 0 Å². The first kappa shape index (κ1) is 19.7. The number of ether oxygens (including phenoxy) is 3. The smallest absolute Gasteiger partial charge is 0.192 e. The van der Waals surface area contributed by atoms with Gasteiger partial charge in [-0.1, -0.05) is 20.8 Å². The van der Waals surface area contributed by atoms with Crippen LogP contribution in [0.3, 0.4) is 0 Å². The predicted molar refractivity (Wildman–Crippen MR) is 81.7 cm³/mol. The Hall–Kier alpha value is -0.273. The van der Waals surface area contributed by atoms with Crippen LogP contribution in [0.25, 0.3) is 0 Å². The van der Waals surface area contributed by atoms with Crippen molar-refractivity contribution in [3.05, 3.63) is 0 Å². The molecule has 0 amide bonds. The molecule has 0 aromatic rings. The third-order valence-corrected chi connectivity index (χ3v) is 7.96. The van der Waals surface area contributed by atoms with Crippen molar-refractivity contribution in [2.24, 2.45) is 0 Å². The van der Waals surface area contributed by atoms with Crippen LogP contribution in [0.5, 0.6) is 0 Å². The van der Waals surface area contributed by atoms with Gasteiger partial charge in [0, 0.05) is 0 Å². The lowest BCUT2D eigenvalue weighted by molar-refractivity contribution is -0.112. The van der Waals surface area contributed by atoms with Crippen molar-refractivity contribution in [1.29, 1.82) is 0 Å². The van der Waals surface area contributed by atoms with Crippen molar-refractivity contribution >= 4 is 14.6 Å². The average molecular weight is 306 g/mol. The summed E-state index contributed by atoms with van der Waals surface area (Å²) in [5.74, 6) is 0. The van der Waals surface area contributed by atoms with Gasteiger partial charge in [0.1, 0.15) is 12.9 Å². The summed E-state index contributed by atoms with van der Waals surface area (Å²) in [6.45, 7) is 14.5. The lowest BCUT2D eigenvalue weighted by atomic mass is 10.2. The Morgan fingerprint density at radius 3 is 1.75 bits per heavy atom. The highest BCUT2D eigenvalue weighted by Gasteiger charge is 2.36. The van der Waals surface area contributed by atoms with Crippen LogP contribution >= 0.6 is 0 Å². The van der Waals surface area contributed by atoms with Gasteiger partial charge in [0.15, 0.2) is 8.32 Å². The van der Waals surface area contributed by atoms with E-state index < -0.39 is 8.32 Å². The van der Waals surface area contributed by atoms with Gasteiger partial charge in [0.25, 0.3) is 0 Å². The van der Waals surface area contributed by atoms with E-state index >= 15 is 0 Å². The molecule has 0 aliphatic heterocycles. The monoisotopic (exact) mass is 306 g/mol. The highest BCUT2D eigenvalue weighted by atomic mass is 28.4. The lowest BCUT2D eigenvalue weighted by Crippen LogP contribution is -2.41. The number of aldehydes is 1. The summed E-state index contributed by atoms with van der Waals surface area (Å²) in [5, 5.41) is 0.234. The molecule has 0 rings (SSSR count). The van der Waals surface area contributed by atoms with Crippen LogP contribution in [-0.2, 0) is 23.4 Å². The zero-order chi connectivity index (χ0) is 15.5. The van der Waals surface area contributed by atoms with Gasteiger partial charge in [-0.3, -0.25) is 0 Å². The zero-order valence-corrected chi connectivity index (χ0v) is 14.6. The summed E-state index contributed by atoms with van der Waals surface area (Å²) in [5.41, 5.74) is 0. The molecular formula is C14H30O5Si. The van der Waals surface area contributed by atoms with Crippen molar-refractivity contribution in [3.8, 4) is 0 Å². The minimum Gasteiger partial charge on any atom is -0.414 e. The maximum absolute atomic E-state index is 9.98. The summed E-state index contributed by atoms with van der Waals surface area (Å²) in [6.07, 6.45) is 0.728. The van der Waals surface area contributed by atoms with Crippen LogP contribution in [0.4, 0.5) is 0 Å². The molecule has 120 valence electrons. The van der Waals surface area contributed by atoms with Crippen molar-refractivity contribution < 1.29 is 23.4 Å². The van der Waals surface area contributed by atoms with Gasteiger partial charge >= 0.3 is 0 Å². The Morgan fingerprint density at radius 1 is 0.850 bits per heavy atom. The minimum absolute atomic E-state index is 0.130. The first-order valence-corrected chi connectivity index (χ1v) is 10.0.